The van der Waals surface area contributed by atoms with Gasteiger partial charge >= 0.3 is 0 Å². The normalized spacial score (nSPS) is 9.95. The molecule has 1 N–H and O–H groups in total. The molecular formula is C16H18N2O2. The number of carbonyl (C=O) groups excluding carboxylic acids is 1. The van der Waals surface area contributed by atoms with E-state index in [1.807, 2.05) is 55.4 Å². The molecule has 0 radical (unpaired) electrons. The maximum Gasteiger partial charge on any atom is 0.255 e. The number of amides is 1. The Labute approximate surface area is 119 Å². The maximum absolute atomic E-state index is 12.1. The lowest BCUT2D eigenvalue weighted by atomic mass is 10.2. The molecule has 0 heterocycles. The number of anilines is 2. The number of rotatable bonds is 4. The van der Waals surface area contributed by atoms with Gasteiger partial charge in [-0.1, -0.05) is 18.2 Å². The van der Waals surface area contributed by atoms with Crippen molar-refractivity contribution >= 4 is 17.3 Å². The molecule has 0 aromatic heterocycles. The summed E-state index contributed by atoms with van der Waals surface area (Å²) in [5, 5.41) is 2.88. The van der Waals surface area contributed by atoms with E-state index < -0.39 is 0 Å². The maximum atomic E-state index is 12.1. The van der Waals surface area contributed by atoms with Crippen molar-refractivity contribution in [1.29, 1.82) is 0 Å². The molecule has 0 atom stereocenters. The predicted molar refractivity (Wildman–Crippen MR) is 81.7 cm³/mol. The number of carbonyl (C=O) groups is 1. The van der Waals surface area contributed by atoms with Crippen LogP contribution in [-0.4, -0.2) is 27.1 Å². The quantitative estimate of drug-likeness (QED) is 0.928. The minimum Gasteiger partial charge on any atom is -0.495 e. The van der Waals surface area contributed by atoms with Crippen LogP contribution in [0.15, 0.2) is 48.5 Å². The van der Waals surface area contributed by atoms with E-state index in [0.717, 1.165) is 17.1 Å². The molecule has 2 aromatic rings. The second-order valence-electron chi connectivity index (χ2n) is 4.60. The molecule has 0 fully saturated rings. The van der Waals surface area contributed by atoms with Gasteiger partial charge in [0.2, 0.25) is 0 Å². The van der Waals surface area contributed by atoms with Gasteiger partial charge in [-0.25, -0.2) is 0 Å². The first-order valence-corrected chi connectivity index (χ1v) is 6.33. The van der Waals surface area contributed by atoms with Crippen LogP contribution in [0.2, 0.25) is 0 Å². The van der Waals surface area contributed by atoms with Gasteiger partial charge in [-0.2, -0.15) is 0 Å². The van der Waals surface area contributed by atoms with Crippen LogP contribution >= 0.6 is 0 Å². The minimum atomic E-state index is -0.125. The fraction of sp³-hybridized carbons (Fsp3) is 0.188. The van der Waals surface area contributed by atoms with E-state index in [9.17, 15) is 4.79 Å². The van der Waals surface area contributed by atoms with Crippen LogP contribution in [0.3, 0.4) is 0 Å². The first kappa shape index (κ1) is 13.9. The molecule has 0 aliphatic rings. The molecule has 0 aliphatic carbocycles. The molecule has 0 bridgehead atoms. The van der Waals surface area contributed by atoms with Crippen molar-refractivity contribution in [2.45, 2.75) is 0 Å². The van der Waals surface area contributed by atoms with Crippen molar-refractivity contribution in [3.63, 3.8) is 0 Å². The second-order valence-corrected chi connectivity index (χ2v) is 4.60. The largest absolute Gasteiger partial charge is 0.495 e. The molecule has 104 valence electrons. The van der Waals surface area contributed by atoms with Crippen LogP contribution < -0.4 is 15.0 Å². The van der Waals surface area contributed by atoms with Gasteiger partial charge in [-0.05, 0) is 30.3 Å². The third-order valence-corrected chi connectivity index (χ3v) is 2.95. The lowest BCUT2D eigenvalue weighted by Gasteiger charge is -2.18. The summed E-state index contributed by atoms with van der Waals surface area (Å²) in [7, 11) is 5.49. The smallest absolute Gasteiger partial charge is 0.255 e. The number of hydrogen-bond donors (Lipinski definition) is 1. The third-order valence-electron chi connectivity index (χ3n) is 2.95. The van der Waals surface area contributed by atoms with Crippen LogP contribution in [0.5, 0.6) is 5.75 Å². The van der Waals surface area contributed by atoms with E-state index in [4.69, 9.17) is 4.74 Å². The number of nitrogens with one attached hydrogen (secondary N) is 1. The monoisotopic (exact) mass is 270 g/mol. The summed E-state index contributed by atoms with van der Waals surface area (Å²) in [6.45, 7) is 0. The van der Waals surface area contributed by atoms with E-state index in [0.29, 0.717) is 5.56 Å². The summed E-state index contributed by atoms with van der Waals surface area (Å²) in [6, 6.07) is 14.7. The van der Waals surface area contributed by atoms with E-state index >= 15 is 0 Å². The van der Waals surface area contributed by atoms with E-state index in [1.54, 1.807) is 19.2 Å². The highest BCUT2D eigenvalue weighted by Gasteiger charge is 2.09. The molecular weight excluding hydrogens is 252 g/mol. The summed E-state index contributed by atoms with van der Waals surface area (Å²) in [5.74, 6) is 0.646. The Morgan fingerprint density at radius 1 is 1.10 bits per heavy atom. The molecule has 0 saturated heterocycles. The highest BCUT2D eigenvalue weighted by molar-refractivity contribution is 6.04. The highest BCUT2D eigenvalue weighted by Crippen LogP contribution is 2.29. The van der Waals surface area contributed by atoms with Crippen molar-refractivity contribution in [2.75, 3.05) is 31.4 Å². The van der Waals surface area contributed by atoms with Gasteiger partial charge in [0, 0.05) is 25.3 Å². The lowest BCUT2D eigenvalue weighted by molar-refractivity contribution is 0.102. The zero-order chi connectivity index (χ0) is 14.5. The standard InChI is InChI=1S/C16H18N2O2/c1-18(2)14-11-13(9-10-15(14)20-3)17-16(19)12-7-5-4-6-8-12/h4-11H,1-3H3,(H,17,19). The third kappa shape index (κ3) is 3.09. The Bertz CT molecular complexity index is 595. The minimum absolute atomic E-state index is 0.125. The second kappa shape index (κ2) is 6.10. The van der Waals surface area contributed by atoms with Gasteiger partial charge < -0.3 is 15.0 Å². The summed E-state index contributed by atoms with van der Waals surface area (Å²) in [4.78, 5) is 14.0. The summed E-state index contributed by atoms with van der Waals surface area (Å²) in [6.07, 6.45) is 0. The number of nitrogens with zero attached hydrogens (tertiary/aromatic N) is 1. The highest BCUT2D eigenvalue weighted by atomic mass is 16.5. The molecule has 0 spiro atoms. The van der Waals surface area contributed by atoms with Crippen molar-refractivity contribution in [3.8, 4) is 5.75 Å². The number of benzene rings is 2. The van der Waals surface area contributed by atoms with E-state index in [1.165, 1.54) is 0 Å². The Balaban J connectivity index is 2.22. The van der Waals surface area contributed by atoms with Crippen molar-refractivity contribution in [3.05, 3.63) is 54.1 Å². The first-order chi connectivity index (χ1) is 9.61. The predicted octanol–water partition coefficient (Wildman–Crippen LogP) is 3.01. The molecule has 0 aliphatic heterocycles. The first-order valence-electron chi connectivity index (χ1n) is 6.33. The fourth-order valence-electron chi connectivity index (χ4n) is 1.91. The Hall–Kier alpha value is -2.49. The molecule has 2 rings (SSSR count). The molecule has 0 saturated carbocycles. The summed E-state index contributed by atoms with van der Waals surface area (Å²) >= 11 is 0. The van der Waals surface area contributed by atoms with Gasteiger partial charge in [0.1, 0.15) is 5.75 Å². The van der Waals surface area contributed by atoms with Gasteiger partial charge in [0.25, 0.3) is 5.91 Å². The summed E-state index contributed by atoms with van der Waals surface area (Å²) < 4.78 is 5.30. The summed E-state index contributed by atoms with van der Waals surface area (Å²) in [5.41, 5.74) is 2.29. The van der Waals surface area contributed by atoms with Crippen LogP contribution in [0.1, 0.15) is 10.4 Å². The van der Waals surface area contributed by atoms with E-state index in [-0.39, 0.29) is 5.91 Å². The van der Waals surface area contributed by atoms with Crippen LogP contribution in [-0.2, 0) is 0 Å². The van der Waals surface area contributed by atoms with Gasteiger partial charge in [0.15, 0.2) is 0 Å². The Kier molecular flexibility index (Phi) is 4.25. The van der Waals surface area contributed by atoms with Gasteiger partial charge in [-0.15, -0.1) is 0 Å². The van der Waals surface area contributed by atoms with E-state index in [2.05, 4.69) is 5.32 Å². The van der Waals surface area contributed by atoms with Crippen molar-refractivity contribution in [1.82, 2.24) is 0 Å². The molecule has 2 aromatic carbocycles. The Morgan fingerprint density at radius 2 is 1.80 bits per heavy atom. The average Bonchev–Trinajstić information content (AvgIpc) is 2.48. The van der Waals surface area contributed by atoms with Gasteiger partial charge in [-0.3, -0.25) is 4.79 Å². The van der Waals surface area contributed by atoms with Crippen LogP contribution in [0.25, 0.3) is 0 Å². The average molecular weight is 270 g/mol. The van der Waals surface area contributed by atoms with Crippen molar-refractivity contribution in [2.24, 2.45) is 0 Å². The van der Waals surface area contributed by atoms with Crippen molar-refractivity contribution < 1.29 is 9.53 Å². The Morgan fingerprint density at radius 3 is 2.40 bits per heavy atom. The topological polar surface area (TPSA) is 41.6 Å². The molecule has 4 heteroatoms. The lowest BCUT2D eigenvalue weighted by Crippen LogP contribution is -2.14. The van der Waals surface area contributed by atoms with Gasteiger partial charge in [0.05, 0.1) is 12.8 Å². The SMILES string of the molecule is COc1ccc(NC(=O)c2ccccc2)cc1N(C)C. The number of hydrogen-bond acceptors (Lipinski definition) is 3. The molecule has 4 nitrogen and oxygen atoms in total. The van der Waals surface area contributed by atoms with Crippen LogP contribution in [0, 0.1) is 0 Å². The number of methoxy groups -OCH3 is 1. The molecule has 20 heavy (non-hydrogen) atoms. The number of ether oxygens (including phenoxy) is 1. The fourth-order valence-corrected chi connectivity index (χ4v) is 1.91. The molecule has 1 amide bonds. The molecule has 0 unspecified atom stereocenters. The zero-order valence-electron chi connectivity index (χ0n) is 11.9. The van der Waals surface area contributed by atoms with Crippen LogP contribution in [0.4, 0.5) is 11.4 Å². The zero-order valence-corrected chi connectivity index (χ0v) is 11.9.